The molecule has 0 radical (unpaired) electrons. The number of aromatic nitrogens is 2. The summed E-state index contributed by atoms with van der Waals surface area (Å²) >= 11 is 1.49. The van der Waals surface area contributed by atoms with E-state index in [2.05, 4.69) is 42.5 Å². The normalized spacial score (nSPS) is 10.9. The summed E-state index contributed by atoms with van der Waals surface area (Å²) in [5, 5.41) is 11.8. The SMILES string of the molecule is Cc1nc2scc(-c3ccc(-c4ccccc4)cc3)c2c(=O)n1Cc1cccc(C#N)c1. The molecule has 0 aliphatic rings. The highest BCUT2D eigenvalue weighted by atomic mass is 32.1. The van der Waals surface area contributed by atoms with Crippen LogP contribution in [0.25, 0.3) is 32.5 Å². The van der Waals surface area contributed by atoms with Crippen molar-refractivity contribution in [2.45, 2.75) is 13.5 Å². The highest BCUT2D eigenvalue weighted by molar-refractivity contribution is 7.17. The predicted molar refractivity (Wildman–Crippen MR) is 130 cm³/mol. The fourth-order valence-electron chi connectivity index (χ4n) is 3.92. The van der Waals surface area contributed by atoms with Crippen molar-refractivity contribution in [3.05, 3.63) is 112 Å². The molecule has 0 aliphatic carbocycles. The monoisotopic (exact) mass is 433 g/mol. The molecule has 0 atom stereocenters. The Hall–Kier alpha value is -4.01. The zero-order valence-electron chi connectivity index (χ0n) is 17.4. The van der Waals surface area contributed by atoms with Crippen molar-refractivity contribution in [3.8, 4) is 28.3 Å². The molecule has 32 heavy (non-hydrogen) atoms. The topological polar surface area (TPSA) is 58.7 Å². The van der Waals surface area contributed by atoms with Gasteiger partial charge >= 0.3 is 0 Å². The van der Waals surface area contributed by atoms with Crippen molar-refractivity contribution in [1.82, 2.24) is 9.55 Å². The highest BCUT2D eigenvalue weighted by Crippen LogP contribution is 2.32. The first-order valence-corrected chi connectivity index (χ1v) is 11.2. The van der Waals surface area contributed by atoms with Crippen LogP contribution in [0.2, 0.25) is 0 Å². The first-order chi connectivity index (χ1) is 15.6. The summed E-state index contributed by atoms with van der Waals surface area (Å²) in [4.78, 5) is 19.0. The number of thiophene rings is 1. The van der Waals surface area contributed by atoms with E-state index in [1.54, 1.807) is 10.6 Å². The van der Waals surface area contributed by atoms with Crippen LogP contribution in [0.3, 0.4) is 0 Å². The Balaban J connectivity index is 1.57. The van der Waals surface area contributed by atoms with E-state index in [1.807, 2.05) is 48.7 Å². The number of aryl methyl sites for hydroxylation is 1. The molecule has 154 valence electrons. The Kier molecular flexibility index (Phi) is 5.14. The van der Waals surface area contributed by atoms with Gasteiger partial charge in [-0.3, -0.25) is 9.36 Å². The summed E-state index contributed by atoms with van der Waals surface area (Å²) in [5.41, 5.74) is 5.62. The fourth-order valence-corrected chi connectivity index (χ4v) is 4.90. The van der Waals surface area contributed by atoms with Crippen LogP contribution in [0.5, 0.6) is 0 Å². The van der Waals surface area contributed by atoms with Gasteiger partial charge in [-0.2, -0.15) is 5.26 Å². The molecule has 2 heterocycles. The number of benzene rings is 3. The summed E-state index contributed by atoms with van der Waals surface area (Å²) in [6.45, 7) is 2.23. The van der Waals surface area contributed by atoms with E-state index in [0.717, 1.165) is 32.6 Å². The number of hydrogen-bond acceptors (Lipinski definition) is 4. The van der Waals surface area contributed by atoms with Crippen LogP contribution in [0.1, 0.15) is 17.0 Å². The predicted octanol–water partition coefficient (Wildman–Crippen LogP) is 6.02. The zero-order chi connectivity index (χ0) is 22.1. The van der Waals surface area contributed by atoms with Crippen molar-refractivity contribution in [1.29, 1.82) is 5.26 Å². The van der Waals surface area contributed by atoms with E-state index >= 15 is 0 Å². The molecule has 3 aromatic carbocycles. The van der Waals surface area contributed by atoms with Gasteiger partial charge in [0.25, 0.3) is 5.56 Å². The Morgan fingerprint density at radius 2 is 1.66 bits per heavy atom. The maximum Gasteiger partial charge on any atom is 0.263 e. The summed E-state index contributed by atoms with van der Waals surface area (Å²) in [7, 11) is 0. The first-order valence-electron chi connectivity index (χ1n) is 10.3. The zero-order valence-corrected chi connectivity index (χ0v) is 18.3. The second-order valence-electron chi connectivity index (χ2n) is 7.64. The molecule has 0 N–H and O–H groups in total. The Morgan fingerprint density at radius 3 is 2.41 bits per heavy atom. The largest absolute Gasteiger partial charge is 0.292 e. The van der Waals surface area contributed by atoms with Crippen LogP contribution in [0.15, 0.2) is 89.0 Å². The van der Waals surface area contributed by atoms with Crippen LogP contribution in [-0.4, -0.2) is 9.55 Å². The molecule has 5 heteroatoms. The number of hydrogen-bond donors (Lipinski definition) is 0. The van der Waals surface area contributed by atoms with E-state index in [4.69, 9.17) is 4.98 Å². The molecule has 0 bridgehead atoms. The summed E-state index contributed by atoms with van der Waals surface area (Å²) < 4.78 is 1.69. The van der Waals surface area contributed by atoms with Gasteiger partial charge in [0, 0.05) is 10.9 Å². The molecule has 5 rings (SSSR count). The molecular formula is C27H19N3OS. The molecule has 0 fully saturated rings. The van der Waals surface area contributed by atoms with Gasteiger partial charge in [0.2, 0.25) is 0 Å². The molecule has 0 saturated heterocycles. The lowest BCUT2D eigenvalue weighted by molar-refractivity contribution is 0.714. The van der Waals surface area contributed by atoms with Crippen LogP contribution < -0.4 is 5.56 Å². The minimum atomic E-state index is -0.0572. The van der Waals surface area contributed by atoms with Gasteiger partial charge in [-0.25, -0.2) is 4.98 Å². The molecule has 0 saturated carbocycles. The summed E-state index contributed by atoms with van der Waals surface area (Å²) in [6, 6.07) is 28.0. The Labute approximate surface area is 189 Å². The van der Waals surface area contributed by atoms with Gasteiger partial charge in [0.05, 0.1) is 23.6 Å². The van der Waals surface area contributed by atoms with Crippen LogP contribution in [-0.2, 0) is 6.54 Å². The lowest BCUT2D eigenvalue weighted by atomic mass is 10.0. The van der Waals surface area contributed by atoms with Gasteiger partial charge in [0.15, 0.2) is 0 Å². The number of nitrogens with zero attached hydrogens (tertiary/aromatic N) is 3. The Morgan fingerprint density at radius 1 is 0.938 bits per heavy atom. The molecule has 0 aliphatic heterocycles. The number of fused-ring (bicyclic) bond motifs is 1. The van der Waals surface area contributed by atoms with E-state index < -0.39 is 0 Å². The average Bonchev–Trinajstić information content (AvgIpc) is 3.26. The molecule has 0 amide bonds. The molecule has 0 spiro atoms. The summed E-state index contributed by atoms with van der Waals surface area (Å²) in [5.74, 6) is 0.665. The van der Waals surface area contributed by atoms with Gasteiger partial charge in [-0.05, 0) is 41.3 Å². The van der Waals surface area contributed by atoms with Crippen molar-refractivity contribution in [3.63, 3.8) is 0 Å². The van der Waals surface area contributed by atoms with Crippen molar-refractivity contribution in [2.24, 2.45) is 0 Å². The summed E-state index contributed by atoms with van der Waals surface area (Å²) in [6.07, 6.45) is 0. The van der Waals surface area contributed by atoms with E-state index in [0.29, 0.717) is 23.3 Å². The maximum absolute atomic E-state index is 13.5. The van der Waals surface area contributed by atoms with Gasteiger partial charge in [-0.1, -0.05) is 66.7 Å². The molecule has 5 aromatic rings. The lowest BCUT2D eigenvalue weighted by Gasteiger charge is -2.11. The average molecular weight is 434 g/mol. The standard InChI is InChI=1S/C27H19N3OS/c1-18-29-26-25(27(31)30(18)16-20-7-5-6-19(14-20)15-28)24(17-32-26)23-12-10-22(11-13-23)21-8-3-2-4-9-21/h2-14,17H,16H2,1H3. The molecule has 4 nitrogen and oxygen atoms in total. The number of nitriles is 1. The van der Waals surface area contributed by atoms with Crippen molar-refractivity contribution < 1.29 is 0 Å². The van der Waals surface area contributed by atoms with Crippen molar-refractivity contribution >= 4 is 21.6 Å². The third kappa shape index (κ3) is 3.62. The van der Waals surface area contributed by atoms with E-state index in [-0.39, 0.29) is 5.56 Å². The van der Waals surface area contributed by atoms with Crippen LogP contribution in [0.4, 0.5) is 0 Å². The first kappa shape index (κ1) is 19.9. The van der Waals surface area contributed by atoms with Crippen molar-refractivity contribution in [2.75, 3.05) is 0 Å². The van der Waals surface area contributed by atoms with Crippen LogP contribution in [0, 0.1) is 18.3 Å². The fraction of sp³-hybridized carbons (Fsp3) is 0.0741. The smallest absolute Gasteiger partial charge is 0.263 e. The minimum absolute atomic E-state index is 0.0572. The number of rotatable bonds is 4. The second kappa shape index (κ2) is 8.26. The van der Waals surface area contributed by atoms with Crippen LogP contribution >= 0.6 is 11.3 Å². The second-order valence-corrected chi connectivity index (χ2v) is 8.49. The molecular weight excluding hydrogens is 414 g/mol. The maximum atomic E-state index is 13.5. The van der Waals surface area contributed by atoms with Gasteiger partial charge < -0.3 is 0 Å². The Bertz CT molecular complexity index is 1520. The molecule has 2 aromatic heterocycles. The third-order valence-corrected chi connectivity index (χ3v) is 6.46. The van der Waals surface area contributed by atoms with E-state index in [9.17, 15) is 10.1 Å². The van der Waals surface area contributed by atoms with Gasteiger partial charge in [0.1, 0.15) is 10.7 Å². The van der Waals surface area contributed by atoms with Gasteiger partial charge in [-0.15, -0.1) is 11.3 Å². The molecule has 0 unspecified atom stereocenters. The lowest BCUT2D eigenvalue weighted by Crippen LogP contribution is -2.24. The minimum Gasteiger partial charge on any atom is -0.292 e. The third-order valence-electron chi connectivity index (χ3n) is 5.58. The quantitative estimate of drug-likeness (QED) is 0.348. The highest BCUT2D eigenvalue weighted by Gasteiger charge is 2.16. The van der Waals surface area contributed by atoms with E-state index in [1.165, 1.54) is 11.3 Å².